The predicted molar refractivity (Wildman–Crippen MR) is 165 cm³/mol. The number of nitrogens with zero attached hydrogens (tertiary/aromatic N) is 3. The maximum absolute atomic E-state index is 13.2. The van der Waals surface area contributed by atoms with Gasteiger partial charge in [-0.15, -0.1) is 0 Å². The monoisotopic (exact) mass is 565 g/mol. The molecule has 0 aliphatic carbocycles. The first-order valence-electron chi connectivity index (χ1n) is 13.8. The van der Waals surface area contributed by atoms with Crippen LogP contribution in [0, 0.1) is 5.92 Å². The van der Waals surface area contributed by atoms with Crippen LogP contribution in [0.2, 0.25) is 0 Å². The van der Waals surface area contributed by atoms with Crippen LogP contribution < -0.4 is 10.5 Å². The zero-order valence-corrected chi connectivity index (χ0v) is 25.2. The van der Waals surface area contributed by atoms with Crippen LogP contribution >= 0.6 is 0 Å². The van der Waals surface area contributed by atoms with E-state index < -0.39 is 10.0 Å². The molecular weight excluding hydrogens is 522 g/mol. The van der Waals surface area contributed by atoms with Crippen molar-refractivity contribution in [2.24, 2.45) is 16.6 Å². The maximum atomic E-state index is 13.2. The average molecular weight is 566 g/mol. The summed E-state index contributed by atoms with van der Waals surface area (Å²) in [5.41, 5.74) is 10.6. The summed E-state index contributed by atoms with van der Waals surface area (Å²) in [5, 5.41) is 0. The normalized spacial score (nSPS) is 15.6. The minimum Gasteiger partial charge on any atom is -0.337 e. The number of hydrogen-bond acceptors (Lipinski definition) is 6. The number of benzene rings is 2. The molecule has 1 heterocycles. The third-order valence-electron chi connectivity index (χ3n) is 7.07. The van der Waals surface area contributed by atoms with E-state index in [1.54, 1.807) is 45.0 Å². The van der Waals surface area contributed by atoms with Crippen molar-refractivity contribution in [2.75, 3.05) is 30.9 Å². The Bertz CT molecular complexity index is 1340. The lowest BCUT2D eigenvalue weighted by Crippen LogP contribution is -2.35. The molecule has 40 heavy (non-hydrogen) atoms. The maximum Gasteiger partial charge on any atom is 0.263 e. The Balaban J connectivity index is 1.59. The second kappa shape index (κ2) is 13.9. The van der Waals surface area contributed by atoms with Crippen molar-refractivity contribution >= 4 is 27.8 Å². The summed E-state index contributed by atoms with van der Waals surface area (Å²) in [6, 6.07) is 15.1. The molecule has 0 radical (unpaired) electrons. The zero-order chi connectivity index (χ0) is 29.4. The Labute approximate surface area is 239 Å². The van der Waals surface area contributed by atoms with Crippen LogP contribution in [0.5, 0.6) is 0 Å². The first-order valence-corrected chi connectivity index (χ1v) is 15.3. The summed E-state index contributed by atoms with van der Waals surface area (Å²) in [4.78, 5) is 21.5. The van der Waals surface area contributed by atoms with E-state index in [2.05, 4.69) is 59.3 Å². The smallest absolute Gasteiger partial charge is 0.263 e. The number of hydrogen-bond donors (Lipinski definition) is 2. The van der Waals surface area contributed by atoms with Gasteiger partial charge in [0.05, 0.1) is 5.70 Å². The van der Waals surface area contributed by atoms with Crippen LogP contribution in [0.3, 0.4) is 0 Å². The zero-order valence-electron chi connectivity index (χ0n) is 24.4. The van der Waals surface area contributed by atoms with Gasteiger partial charge in [-0.25, -0.2) is 8.42 Å². The van der Waals surface area contributed by atoms with Gasteiger partial charge >= 0.3 is 0 Å². The second-order valence-electron chi connectivity index (χ2n) is 10.8. The second-order valence-corrected chi connectivity index (χ2v) is 12.5. The molecule has 1 aliphatic heterocycles. The van der Waals surface area contributed by atoms with Crippen LogP contribution in [-0.4, -0.2) is 56.5 Å². The van der Waals surface area contributed by atoms with Gasteiger partial charge in [0, 0.05) is 56.2 Å². The number of nitrogens with two attached hydrogens (primary N) is 1. The summed E-state index contributed by atoms with van der Waals surface area (Å²) in [6.07, 6.45) is 2.42. The van der Waals surface area contributed by atoms with E-state index in [1.165, 1.54) is 11.8 Å². The van der Waals surface area contributed by atoms with Gasteiger partial charge < -0.3 is 10.6 Å². The van der Waals surface area contributed by atoms with Gasteiger partial charge in [-0.05, 0) is 74.1 Å². The van der Waals surface area contributed by atoms with Gasteiger partial charge in [0.25, 0.3) is 15.9 Å². The molecule has 8 nitrogen and oxygen atoms in total. The number of carbonyl (C=O) groups excluding carboxylic acids is 1. The molecule has 0 bridgehead atoms. The van der Waals surface area contributed by atoms with E-state index in [0.717, 1.165) is 37.2 Å². The van der Waals surface area contributed by atoms with Gasteiger partial charge in [-0.3, -0.25) is 19.4 Å². The van der Waals surface area contributed by atoms with Crippen molar-refractivity contribution in [1.82, 2.24) is 9.80 Å². The molecule has 0 spiro atoms. The van der Waals surface area contributed by atoms with Gasteiger partial charge in [0.15, 0.2) is 0 Å². The molecule has 2 aromatic carbocycles. The third-order valence-corrected chi connectivity index (χ3v) is 8.42. The standard InChI is InChI=1S/C31H43N5O3S/c1-7-33-30(23(4)5)24(6)40(38,39)34-28-15-13-27(14-16-28)31(37)36-18-8-17-35(19-20-36)21-25-9-11-26(12-10-25)29(32)22(2)3/h7,9-16,22,29,34H,6,8,17-21,32H2,1-5H3/b33-7-. The molecule has 0 saturated carbocycles. The fourth-order valence-electron chi connectivity index (χ4n) is 4.64. The van der Waals surface area contributed by atoms with Crippen molar-refractivity contribution in [3.8, 4) is 0 Å². The van der Waals surface area contributed by atoms with Crippen molar-refractivity contribution in [3.63, 3.8) is 0 Å². The molecule has 3 N–H and O–H groups in total. The van der Waals surface area contributed by atoms with Crippen molar-refractivity contribution in [2.45, 2.75) is 53.6 Å². The van der Waals surface area contributed by atoms with E-state index in [-0.39, 0.29) is 16.9 Å². The number of amides is 1. The number of allylic oxidation sites excluding steroid dienone is 1. The number of nitrogens with one attached hydrogen (secondary N) is 1. The molecule has 3 rings (SSSR count). The predicted octanol–water partition coefficient (Wildman–Crippen LogP) is 5.33. The molecule has 216 valence electrons. The highest BCUT2D eigenvalue weighted by atomic mass is 32.2. The molecular formula is C31H43N5O3S. The Hall–Kier alpha value is -3.27. The minimum atomic E-state index is -3.90. The van der Waals surface area contributed by atoms with Crippen molar-refractivity contribution in [3.05, 3.63) is 88.0 Å². The molecule has 1 saturated heterocycles. The lowest BCUT2D eigenvalue weighted by Gasteiger charge is -2.23. The first-order chi connectivity index (χ1) is 18.9. The van der Waals surface area contributed by atoms with E-state index >= 15 is 0 Å². The molecule has 9 heteroatoms. The van der Waals surface area contributed by atoms with Crippen LogP contribution in [-0.2, 0) is 16.6 Å². The van der Waals surface area contributed by atoms with Crippen molar-refractivity contribution in [1.29, 1.82) is 0 Å². The Morgan fingerprint density at radius 3 is 2.27 bits per heavy atom. The fourth-order valence-corrected chi connectivity index (χ4v) is 5.72. The summed E-state index contributed by atoms with van der Waals surface area (Å²) in [7, 11) is -3.90. The van der Waals surface area contributed by atoms with E-state index in [0.29, 0.717) is 36.0 Å². The number of aliphatic imine (C=N–C) groups is 1. The highest BCUT2D eigenvalue weighted by Crippen LogP contribution is 2.24. The summed E-state index contributed by atoms with van der Waals surface area (Å²) >= 11 is 0. The number of sulfonamides is 1. The molecule has 1 amide bonds. The quantitative estimate of drug-likeness (QED) is 0.299. The lowest BCUT2D eigenvalue weighted by atomic mass is 9.96. The van der Waals surface area contributed by atoms with Crippen LogP contribution in [0.1, 0.15) is 68.6 Å². The highest BCUT2D eigenvalue weighted by Gasteiger charge is 2.23. The summed E-state index contributed by atoms with van der Waals surface area (Å²) < 4.78 is 28.2. The molecule has 0 aromatic heterocycles. The number of carbonyl (C=O) groups is 1. The summed E-state index contributed by atoms with van der Waals surface area (Å²) in [6.45, 7) is 17.1. The fraction of sp³-hybridized carbons (Fsp3) is 0.419. The topological polar surface area (TPSA) is 108 Å². The van der Waals surface area contributed by atoms with Gasteiger partial charge in [0.2, 0.25) is 0 Å². The first kappa shape index (κ1) is 31.3. The number of anilines is 1. The Morgan fingerprint density at radius 1 is 1.05 bits per heavy atom. The SMILES string of the molecule is C=C(C(/N=C\C)=C(C)C)S(=O)(=O)Nc1ccc(C(=O)N2CCCN(Cc3ccc(C(N)C(C)C)cc3)CC2)cc1. The van der Waals surface area contributed by atoms with Gasteiger partial charge in [-0.2, -0.15) is 0 Å². The minimum absolute atomic E-state index is 0.0383. The van der Waals surface area contributed by atoms with E-state index in [9.17, 15) is 13.2 Å². The average Bonchev–Trinajstić information content (AvgIpc) is 3.16. The van der Waals surface area contributed by atoms with Crippen LogP contribution in [0.25, 0.3) is 0 Å². The highest BCUT2D eigenvalue weighted by molar-refractivity contribution is 7.96. The van der Waals surface area contributed by atoms with Crippen LogP contribution in [0.15, 0.2) is 76.3 Å². The van der Waals surface area contributed by atoms with E-state index in [4.69, 9.17) is 5.73 Å². The van der Waals surface area contributed by atoms with E-state index in [1.807, 2.05) is 4.90 Å². The van der Waals surface area contributed by atoms with Gasteiger partial charge in [-0.1, -0.05) is 44.7 Å². The summed E-state index contributed by atoms with van der Waals surface area (Å²) in [5.74, 6) is 0.332. The lowest BCUT2D eigenvalue weighted by molar-refractivity contribution is 0.0761. The molecule has 1 aliphatic rings. The third kappa shape index (κ3) is 8.13. The Morgan fingerprint density at radius 2 is 1.70 bits per heavy atom. The molecule has 1 fully saturated rings. The largest absolute Gasteiger partial charge is 0.337 e. The van der Waals surface area contributed by atoms with Gasteiger partial charge in [0.1, 0.15) is 4.91 Å². The Kier molecular flexibility index (Phi) is 10.8. The van der Waals surface area contributed by atoms with Crippen molar-refractivity contribution < 1.29 is 13.2 Å². The molecule has 1 unspecified atom stereocenters. The van der Waals surface area contributed by atoms with Crippen LogP contribution in [0.4, 0.5) is 5.69 Å². The number of rotatable bonds is 10. The molecule has 1 atom stereocenters. The molecule has 2 aromatic rings.